The molecule has 144 valence electrons. The van der Waals surface area contributed by atoms with Crippen LogP contribution in [0.5, 0.6) is 11.5 Å². The highest BCUT2D eigenvalue weighted by Crippen LogP contribution is 2.28. The predicted molar refractivity (Wildman–Crippen MR) is 109 cm³/mol. The van der Waals surface area contributed by atoms with Gasteiger partial charge in [-0.05, 0) is 48.0 Å². The molecule has 0 radical (unpaired) electrons. The number of hydrogen-bond acceptors (Lipinski definition) is 4. The van der Waals surface area contributed by atoms with Crippen LogP contribution in [-0.4, -0.2) is 17.7 Å². The number of ether oxygens (including phenoxy) is 1. The van der Waals surface area contributed by atoms with Gasteiger partial charge in [0, 0.05) is 16.8 Å². The van der Waals surface area contributed by atoms with Crippen LogP contribution in [0.25, 0.3) is 0 Å². The van der Waals surface area contributed by atoms with Gasteiger partial charge in [-0.15, -0.1) is 0 Å². The van der Waals surface area contributed by atoms with E-state index in [9.17, 15) is 14.4 Å². The van der Waals surface area contributed by atoms with Gasteiger partial charge >= 0.3 is 0 Å². The molecule has 0 saturated heterocycles. The minimum absolute atomic E-state index is 0.169. The second kappa shape index (κ2) is 7.77. The van der Waals surface area contributed by atoms with Crippen LogP contribution in [0.4, 0.5) is 5.69 Å². The Morgan fingerprint density at radius 2 is 1.62 bits per heavy atom. The fraction of sp³-hybridized carbons (Fsp3) is 0.0455. The molecule has 1 heterocycles. The normalized spacial score (nSPS) is 12.3. The molecule has 0 atom stereocenters. The molecule has 0 spiro atoms. The molecule has 3 amide bonds. The topological polar surface area (TPSA) is 84.5 Å². The van der Waals surface area contributed by atoms with Crippen molar-refractivity contribution in [1.29, 1.82) is 0 Å². The van der Waals surface area contributed by atoms with E-state index in [1.807, 2.05) is 0 Å². The summed E-state index contributed by atoms with van der Waals surface area (Å²) in [6, 6.07) is 18.7. The first-order chi connectivity index (χ1) is 14.0. The maximum absolute atomic E-state index is 12.3. The summed E-state index contributed by atoms with van der Waals surface area (Å²) in [4.78, 5) is 35.7. The van der Waals surface area contributed by atoms with Gasteiger partial charge in [0.2, 0.25) is 5.91 Å². The zero-order valence-corrected chi connectivity index (χ0v) is 15.8. The molecule has 3 aromatic rings. The van der Waals surface area contributed by atoms with Crippen molar-refractivity contribution < 1.29 is 19.1 Å². The van der Waals surface area contributed by atoms with Gasteiger partial charge in [0.15, 0.2) is 0 Å². The monoisotopic (exact) mass is 406 g/mol. The smallest absolute Gasteiger partial charge is 0.259 e. The number of amides is 3. The van der Waals surface area contributed by atoms with Crippen LogP contribution in [0.3, 0.4) is 0 Å². The number of carbonyl (C=O) groups excluding carboxylic acids is 3. The minimum atomic E-state index is -0.446. The molecule has 7 heteroatoms. The van der Waals surface area contributed by atoms with Gasteiger partial charge in [-0.1, -0.05) is 29.8 Å². The highest BCUT2D eigenvalue weighted by molar-refractivity contribution is 6.30. The number of anilines is 1. The van der Waals surface area contributed by atoms with E-state index in [4.69, 9.17) is 16.3 Å². The summed E-state index contributed by atoms with van der Waals surface area (Å²) in [5, 5.41) is 5.68. The highest BCUT2D eigenvalue weighted by Gasteiger charge is 2.26. The third-order valence-corrected chi connectivity index (χ3v) is 4.59. The van der Waals surface area contributed by atoms with Gasteiger partial charge in [-0.3, -0.25) is 19.7 Å². The van der Waals surface area contributed by atoms with Crippen LogP contribution in [0, 0.1) is 0 Å². The lowest BCUT2D eigenvalue weighted by molar-refractivity contribution is -0.115. The number of hydrogen-bond donors (Lipinski definition) is 2. The molecule has 1 aliphatic rings. The Labute approximate surface area is 171 Å². The first kappa shape index (κ1) is 18.7. The number of nitrogens with one attached hydrogen (secondary N) is 2. The quantitative estimate of drug-likeness (QED) is 0.622. The summed E-state index contributed by atoms with van der Waals surface area (Å²) in [7, 11) is 0. The molecule has 0 unspecified atom stereocenters. The molecule has 2 N–H and O–H groups in total. The zero-order valence-electron chi connectivity index (χ0n) is 15.1. The van der Waals surface area contributed by atoms with Crippen LogP contribution < -0.4 is 15.4 Å². The van der Waals surface area contributed by atoms with E-state index in [2.05, 4.69) is 10.6 Å². The molecule has 1 aliphatic heterocycles. The number of imide groups is 1. The van der Waals surface area contributed by atoms with Gasteiger partial charge in [0.1, 0.15) is 11.5 Å². The fourth-order valence-corrected chi connectivity index (χ4v) is 3.10. The first-order valence-electron chi connectivity index (χ1n) is 8.80. The summed E-state index contributed by atoms with van der Waals surface area (Å²) in [5.74, 6) is -0.130. The van der Waals surface area contributed by atoms with E-state index in [0.717, 1.165) is 5.56 Å². The summed E-state index contributed by atoms with van der Waals surface area (Å²) in [6.45, 7) is 0. The van der Waals surface area contributed by atoms with Crippen molar-refractivity contribution in [1.82, 2.24) is 5.32 Å². The SMILES string of the molecule is O=C(Cc1ccc(Cl)cc1)Nc1cccc(Oc2ccc3c(c2)C(=O)NC3=O)c1. The van der Waals surface area contributed by atoms with Gasteiger partial charge in [-0.2, -0.15) is 0 Å². The maximum atomic E-state index is 12.3. The second-order valence-electron chi connectivity index (χ2n) is 6.47. The number of benzene rings is 3. The number of rotatable bonds is 5. The molecule has 0 bridgehead atoms. The van der Waals surface area contributed by atoms with Crippen LogP contribution in [0.2, 0.25) is 5.02 Å². The molecule has 0 aromatic heterocycles. The van der Waals surface area contributed by atoms with E-state index >= 15 is 0 Å². The fourth-order valence-electron chi connectivity index (χ4n) is 2.98. The van der Waals surface area contributed by atoms with Crippen molar-refractivity contribution in [2.45, 2.75) is 6.42 Å². The van der Waals surface area contributed by atoms with Gasteiger partial charge < -0.3 is 10.1 Å². The van der Waals surface area contributed by atoms with Crippen molar-refractivity contribution in [3.8, 4) is 11.5 Å². The Morgan fingerprint density at radius 3 is 2.41 bits per heavy atom. The molecule has 0 aliphatic carbocycles. The molecule has 3 aromatic carbocycles. The van der Waals surface area contributed by atoms with Crippen LogP contribution in [-0.2, 0) is 11.2 Å². The lowest BCUT2D eigenvalue weighted by Gasteiger charge is -2.10. The Hall–Kier alpha value is -3.64. The molecule has 0 fully saturated rings. The maximum Gasteiger partial charge on any atom is 0.259 e. The molecular weight excluding hydrogens is 392 g/mol. The lowest BCUT2D eigenvalue weighted by Crippen LogP contribution is -2.19. The zero-order chi connectivity index (χ0) is 20.4. The Kier molecular flexibility index (Phi) is 5.01. The average Bonchev–Trinajstić information content (AvgIpc) is 2.97. The molecular formula is C22H15ClN2O4. The van der Waals surface area contributed by atoms with Gasteiger partial charge in [0.25, 0.3) is 11.8 Å². The van der Waals surface area contributed by atoms with E-state index < -0.39 is 11.8 Å². The van der Waals surface area contributed by atoms with Crippen molar-refractivity contribution in [2.24, 2.45) is 0 Å². The van der Waals surface area contributed by atoms with E-state index in [1.54, 1.807) is 60.7 Å². The molecule has 6 nitrogen and oxygen atoms in total. The van der Waals surface area contributed by atoms with Crippen molar-refractivity contribution in [2.75, 3.05) is 5.32 Å². The van der Waals surface area contributed by atoms with Crippen LogP contribution >= 0.6 is 11.6 Å². The van der Waals surface area contributed by atoms with E-state index in [0.29, 0.717) is 27.8 Å². The predicted octanol–water partition coefficient (Wildman–Crippen LogP) is 4.20. The lowest BCUT2D eigenvalue weighted by atomic mass is 10.1. The van der Waals surface area contributed by atoms with Gasteiger partial charge in [-0.25, -0.2) is 0 Å². The van der Waals surface area contributed by atoms with Crippen LogP contribution in [0.15, 0.2) is 66.7 Å². The molecule has 0 saturated carbocycles. The Balaban J connectivity index is 1.44. The van der Waals surface area contributed by atoms with Crippen molar-refractivity contribution in [3.05, 3.63) is 88.4 Å². The van der Waals surface area contributed by atoms with Gasteiger partial charge in [0.05, 0.1) is 17.5 Å². The minimum Gasteiger partial charge on any atom is -0.457 e. The van der Waals surface area contributed by atoms with Crippen molar-refractivity contribution >= 4 is 35.0 Å². The second-order valence-corrected chi connectivity index (χ2v) is 6.91. The summed E-state index contributed by atoms with van der Waals surface area (Å²) in [6.07, 6.45) is 0.218. The number of fused-ring (bicyclic) bond motifs is 1. The van der Waals surface area contributed by atoms with E-state index in [1.165, 1.54) is 6.07 Å². The number of halogens is 1. The largest absolute Gasteiger partial charge is 0.457 e. The third kappa shape index (κ3) is 4.28. The summed E-state index contributed by atoms with van der Waals surface area (Å²) < 4.78 is 5.78. The van der Waals surface area contributed by atoms with Crippen LogP contribution in [0.1, 0.15) is 26.3 Å². The highest BCUT2D eigenvalue weighted by atomic mass is 35.5. The summed E-state index contributed by atoms with van der Waals surface area (Å²) in [5.41, 5.74) is 2.03. The first-order valence-corrected chi connectivity index (χ1v) is 9.18. The van der Waals surface area contributed by atoms with Crippen molar-refractivity contribution in [3.63, 3.8) is 0 Å². The third-order valence-electron chi connectivity index (χ3n) is 4.34. The average molecular weight is 407 g/mol. The molecule has 4 rings (SSSR count). The number of carbonyl (C=O) groups is 3. The molecule has 29 heavy (non-hydrogen) atoms. The standard InChI is InChI=1S/C22H15ClN2O4/c23-14-6-4-13(5-7-14)10-20(26)24-15-2-1-3-16(11-15)29-17-8-9-18-19(12-17)22(28)25-21(18)27/h1-9,11-12H,10H2,(H,24,26)(H,25,27,28). The Morgan fingerprint density at radius 1 is 0.897 bits per heavy atom. The van der Waals surface area contributed by atoms with E-state index in [-0.39, 0.29) is 17.9 Å². The Bertz CT molecular complexity index is 1130. The summed E-state index contributed by atoms with van der Waals surface area (Å²) >= 11 is 5.85.